The Bertz CT molecular complexity index is 1080. The first kappa shape index (κ1) is 18.2. The number of aromatic nitrogens is 2. The largest absolute Gasteiger partial charge is 0.319 e. The summed E-state index contributed by atoms with van der Waals surface area (Å²) in [7, 11) is -3.82. The molecule has 8 heteroatoms. The van der Waals surface area contributed by atoms with Gasteiger partial charge in [-0.2, -0.15) is 0 Å². The SMILES string of the molecule is Cc1cc(C)c(S(=O)(=O)n2ccc(NC(=O)c3ccccn3)c2)cc1Cl. The quantitative estimate of drug-likeness (QED) is 0.738. The zero-order valence-corrected chi connectivity index (χ0v) is 15.7. The minimum Gasteiger partial charge on any atom is -0.319 e. The lowest BCUT2D eigenvalue weighted by molar-refractivity contribution is 0.102. The highest BCUT2D eigenvalue weighted by Crippen LogP contribution is 2.26. The Hall–Kier alpha value is -2.64. The number of carbonyl (C=O) groups is 1. The molecule has 2 aromatic heterocycles. The molecule has 3 aromatic rings. The molecule has 0 saturated carbocycles. The summed E-state index contributed by atoms with van der Waals surface area (Å²) in [5.74, 6) is -0.421. The molecular weight excluding hydrogens is 374 g/mol. The van der Waals surface area contributed by atoms with E-state index in [-0.39, 0.29) is 10.6 Å². The van der Waals surface area contributed by atoms with Crippen molar-refractivity contribution >= 4 is 33.2 Å². The van der Waals surface area contributed by atoms with Gasteiger partial charge in [0.25, 0.3) is 15.9 Å². The van der Waals surface area contributed by atoms with Crippen molar-refractivity contribution < 1.29 is 13.2 Å². The van der Waals surface area contributed by atoms with Crippen LogP contribution < -0.4 is 5.32 Å². The fraction of sp³-hybridized carbons (Fsp3) is 0.111. The van der Waals surface area contributed by atoms with E-state index in [1.54, 1.807) is 31.2 Å². The number of carbonyl (C=O) groups excluding carboxylic acids is 1. The minimum atomic E-state index is -3.82. The van der Waals surface area contributed by atoms with Crippen LogP contribution in [-0.4, -0.2) is 23.3 Å². The Labute approximate surface area is 156 Å². The molecule has 0 atom stereocenters. The van der Waals surface area contributed by atoms with Crippen LogP contribution in [0.5, 0.6) is 0 Å². The second kappa shape index (κ2) is 6.93. The number of pyridine rings is 1. The predicted molar refractivity (Wildman–Crippen MR) is 100 cm³/mol. The number of hydrogen-bond donors (Lipinski definition) is 1. The van der Waals surface area contributed by atoms with E-state index in [0.29, 0.717) is 16.3 Å². The lowest BCUT2D eigenvalue weighted by atomic mass is 10.2. The first-order valence-corrected chi connectivity index (χ1v) is 9.53. The molecule has 0 bridgehead atoms. The van der Waals surface area contributed by atoms with Gasteiger partial charge in [0, 0.05) is 23.6 Å². The highest BCUT2D eigenvalue weighted by atomic mass is 35.5. The predicted octanol–water partition coefficient (Wildman–Crippen LogP) is 3.64. The molecule has 0 aliphatic carbocycles. The molecule has 2 heterocycles. The molecule has 1 amide bonds. The molecular formula is C18H16ClN3O3S. The number of amides is 1. The highest BCUT2D eigenvalue weighted by Gasteiger charge is 2.21. The van der Waals surface area contributed by atoms with Gasteiger partial charge in [0.15, 0.2) is 0 Å². The Morgan fingerprint density at radius 2 is 1.92 bits per heavy atom. The maximum absolute atomic E-state index is 12.9. The van der Waals surface area contributed by atoms with Crippen molar-refractivity contribution in [1.82, 2.24) is 8.96 Å². The standard InChI is InChI=1S/C18H16ClN3O3S/c1-12-9-13(2)17(10-15(12)19)26(24,25)22-8-6-14(11-22)21-18(23)16-5-3-4-7-20-16/h3-11H,1-2H3,(H,21,23). The van der Waals surface area contributed by atoms with Crippen LogP contribution in [0, 0.1) is 13.8 Å². The van der Waals surface area contributed by atoms with Crippen molar-refractivity contribution in [3.05, 3.63) is 76.8 Å². The smallest absolute Gasteiger partial charge is 0.274 e. The third-order valence-electron chi connectivity index (χ3n) is 3.83. The zero-order chi connectivity index (χ0) is 18.9. The number of hydrogen-bond acceptors (Lipinski definition) is 4. The van der Waals surface area contributed by atoms with Crippen LogP contribution in [0.1, 0.15) is 21.6 Å². The maximum atomic E-state index is 12.9. The van der Waals surface area contributed by atoms with Gasteiger partial charge in [-0.05, 0) is 49.2 Å². The summed E-state index contributed by atoms with van der Waals surface area (Å²) in [6.45, 7) is 3.52. The number of anilines is 1. The Kier molecular flexibility index (Phi) is 4.84. The molecule has 0 unspecified atom stereocenters. The van der Waals surface area contributed by atoms with Crippen LogP contribution in [0.3, 0.4) is 0 Å². The summed E-state index contributed by atoms with van der Waals surface area (Å²) in [6.07, 6.45) is 4.22. The average molecular weight is 390 g/mol. The van der Waals surface area contributed by atoms with E-state index in [2.05, 4.69) is 10.3 Å². The van der Waals surface area contributed by atoms with Crippen LogP contribution in [0.2, 0.25) is 5.02 Å². The summed E-state index contributed by atoms with van der Waals surface area (Å²) in [5.41, 5.74) is 1.99. The molecule has 3 rings (SSSR count). The number of nitrogens with one attached hydrogen (secondary N) is 1. The highest BCUT2D eigenvalue weighted by molar-refractivity contribution is 7.90. The van der Waals surface area contributed by atoms with E-state index in [1.165, 1.54) is 30.7 Å². The second-order valence-electron chi connectivity index (χ2n) is 5.77. The number of nitrogens with zero attached hydrogens (tertiary/aromatic N) is 2. The van der Waals surface area contributed by atoms with Gasteiger partial charge in [0.05, 0.1) is 10.6 Å². The number of aryl methyl sites for hydroxylation is 2. The van der Waals surface area contributed by atoms with Crippen molar-refractivity contribution in [2.75, 3.05) is 5.32 Å². The third kappa shape index (κ3) is 3.49. The summed E-state index contributed by atoms with van der Waals surface area (Å²) in [6, 6.07) is 9.64. The Balaban J connectivity index is 1.89. The summed E-state index contributed by atoms with van der Waals surface area (Å²) >= 11 is 6.08. The van der Waals surface area contributed by atoms with Gasteiger partial charge in [-0.25, -0.2) is 12.4 Å². The Morgan fingerprint density at radius 3 is 2.62 bits per heavy atom. The fourth-order valence-electron chi connectivity index (χ4n) is 2.49. The van der Waals surface area contributed by atoms with E-state index in [1.807, 2.05) is 6.92 Å². The first-order chi connectivity index (χ1) is 12.3. The first-order valence-electron chi connectivity index (χ1n) is 7.72. The van der Waals surface area contributed by atoms with Crippen molar-refractivity contribution in [1.29, 1.82) is 0 Å². The van der Waals surface area contributed by atoms with Crippen LogP contribution >= 0.6 is 11.6 Å². The maximum Gasteiger partial charge on any atom is 0.274 e. The molecule has 0 aliphatic heterocycles. The Morgan fingerprint density at radius 1 is 1.15 bits per heavy atom. The molecule has 1 N–H and O–H groups in total. The van der Waals surface area contributed by atoms with E-state index in [0.717, 1.165) is 9.54 Å². The van der Waals surface area contributed by atoms with E-state index in [4.69, 9.17) is 11.6 Å². The van der Waals surface area contributed by atoms with E-state index < -0.39 is 15.9 Å². The minimum absolute atomic E-state index is 0.117. The lowest BCUT2D eigenvalue weighted by Gasteiger charge is -2.10. The molecule has 0 spiro atoms. The van der Waals surface area contributed by atoms with Crippen molar-refractivity contribution in [2.45, 2.75) is 18.7 Å². The topological polar surface area (TPSA) is 81.1 Å². The lowest BCUT2D eigenvalue weighted by Crippen LogP contribution is -2.14. The molecule has 26 heavy (non-hydrogen) atoms. The van der Waals surface area contributed by atoms with Gasteiger partial charge in [-0.1, -0.05) is 23.7 Å². The summed E-state index contributed by atoms with van der Waals surface area (Å²) < 4.78 is 26.8. The molecule has 1 aromatic carbocycles. The second-order valence-corrected chi connectivity index (χ2v) is 7.99. The van der Waals surface area contributed by atoms with Crippen LogP contribution in [-0.2, 0) is 10.0 Å². The van der Waals surface area contributed by atoms with Gasteiger partial charge >= 0.3 is 0 Å². The monoisotopic (exact) mass is 389 g/mol. The molecule has 134 valence electrons. The van der Waals surface area contributed by atoms with Crippen molar-refractivity contribution in [2.24, 2.45) is 0 Å². The number of benzene rings is 1. The molecule has 0 saturated heterocycles. The average Bonchev–Trinajstić information content (AvgIpc) is 3.08. The van der Waals surface area contributed by atoms with Gasteiger partial charge in [-0.15, -0.1) is 0 Å². The number of halogens is 1. The van der Waals surface area contributed by atoms with E-state index >= 15 is 0 Å². The van der Waals surface area contributed by atoms with Crippen LogP contribution in [0.4, 0.5) is 5.69 Å². The number of rotatable bonds is 4. The van der Waals surface area contributed by atoms with Gasteiger partial charge in [0.1, 0.15) is 5.69 Å². The van der Waals surface area contributed by atoms with Crippen LogP contribution in [0.15, 0.2) is 59.9 Å². The van der Waals surface area contributed by atoms with Gasteiger partial charge < -0.3 is 5.32 Å². The third-order valence-corrected chi connectivity index (χ3v) is 6.02. The van der Waals surface area contributed by atoms with Crippen molar-refractivity contribution in [3.8, 4) is 0 Å². The fourth-order valence-corrected chi connectivity index (χ4v) is 4.15. The zero-order valence-electron chi connectivity index (χ0n) is 14.1. The normalized spacial score (nSPS) is 11.3. The summed E-state index contributed by atoms with van der Waals surface area (Å²) in [5, 5.41) is 3.00. The molecule has 0 aliphatic rings. The summed E-state index contributed by atoms with van der Waals surface area (Å²) in [4.78, 5) is 16.2. The van der Waals surface area contributed by atoms with Gasteiger partial charge in [0.2, 0.25) is 0 Å². The molecule has 0 fully saturated rings. The van der Waals surface area contributed by atoms with E-state index in [9.17, 15) is 13.2 Å². The van der Waals surface area contributed by atoms with Gasteiger partial charge in [-0.3, -0.25) is 9.78 Å². The van der Waals surface area contributed by atoms with Crippen molar-refractivity contribution in [3.63, 3.8) is 0 Å². The molecule has 0 radical (unpaired) electrons. The molecule has 6 nitrogen and oxygen atoms in total. The van der Waals surface area contributed by atoms with Crippen LogP contribution in [0.25, 0.3) is 0 Å².